The largest absolute Gasteiger partial charge is 0.418 e. The fourth-order valence-corrected chi connectivity index (χ4v) is 3.19. The minimum Gasteiger partial charge on any atom is -0.418 e. The Morgan fingerprint density at radius 3 is 2.48 bits per heavy atom. The highest BCUT2D eigenvalue weighted by Gasteiger charge is 2.21. The second-order valence-corrected chi connectivity index (χ2v) is 6.87. The van der Waals surface area contributed by atoms with Crippen LogP contribution in [0.1, 0.15) is 37.3 Å². The number of aromatic nitrogens is 2. The Kier molecular flexibility index (Phi) is 4.62. The SMILES string of the molecule is Cc1ccc(-c2nnc([C@H](C)Nc3ccc(N4CCCC4=O)cc3)o2)cc1. The van der Waals surface area contributed by atoms with E-state index in [0.29, 0.717) is 18.2 Å². The molecular formula is C21H22N4O2. The van der Waals surface area contributed by atoms with Gasteiger partial charge in [0.05, 0.1) is 0 Å². The number of carbonyl (C=O) groups is 1. The summed E-state index contributed by atoms with van der Waals surface area (Å²) in [4.78, 5) is 13.7. The summed E-state index contributed by atoms with van der Waals surface area (Å²) in [6, 6.07) is 15.7. The lowest BCUT2D eigenvalue weighted by Gasteiger charge is -2.17. The average molecular weight is 362 g/mol. The molecule has 1 N–H and O–H groups in total. The number of aryl methyl sites for hydroxylation is 1. The van der Waals surface area contributed by atoms with E-state index in [0.717, 1.165) is 29.9 Å². The fourth-order valence-electron chi connectivity index (χ4n) is 3.19. The number of anilines is 2. The summed E-state index contributed by atoms with van der Waals surface area (Å²) in [7, 11) is 0. The second-order valence-electron chi connectivity index (χ2n) is 6.87. The number of hydrogen-bond acceptors (Lipinski definition) is 5. The maximum absolute atomic E-state index is 11.8. The molecule has 6 heteroatoms. The van der Waals surface area contributed by atoms with Gasteiger partial charge in [-0.05, 0) is 56.7 Å². The van der Waals surface area contributed by atoms with Crippen LogP contribution in [0.3, 0.4) is 0 Å². The number of amides is 1. The number of nitrogens with one attached hydrogen (secondary N) is 1. The first kappa shape index (κ1) is 17.3. The number of benzene rings is 2. The molecule has 1 aliphatic heterocycles. The van der Waals surface area contributed by atoms with E-state index < -0.39 is 0 Å². The predicted molar refractivity (Wildman–Crippen MR) is 105 cm³/mol. The fraction of sp³-hybridized carbons (Fsp3) is 0.286. The van der Waals surface area contributed by atoms with Crippen LogP contribution in [-0.2, 0) is 4.79 Å². The van der Waals surface area contributed by atoms with Gasteiger partial charge < -0.3 is 14.6 Å². The van der Waals surface area contributed by atoms with E-state index in [-0.39, 0.29) is 11.9 Å². The highest BCUT2D eigenvalue weighted by Crippen LogP contribution is 2.26. The molecule has 1 fully saturated rings. The van der Waals surface area contributed by atoms with Crippen LogP contribution in [0.4, 0.5) is 11.4 Å². The van der Waals surface area contributed by atoms with Crippen molar-refractivity contribution in [3.8, 4) is 11.5 Å². The van der Waals surface area contributed by atoms with Crippen molar-refractivity contribution >= 4 is 17.3 Å². The Balaban J connectivity index is 1.44. The molecule has 138 valence electrons. The number of hydrogen-bond donors (Lipinski definition) is 1. The monoisotopic (exact) mass is 362 g/mol. The molecule has 4 rings (SSSR count). The Bertz CT molecular complexity index is 932. The molecule has 1 saturated heterocycles. The van der Waals surface area contributed by atoms with E-state index in [4.69, 9.17) is 4.42 Å². The molecule has 0 spiro atoms. The lowest BCUT2D eigenvalue weighted by Crippen LogP contribution is -2.23. The first-order valence-electron chi connectivity index (χ1n) is 9.17. The highest BCUT2D eigenvalue weighted by atomic mass is 16.4. The van der Waals surface area contributed by atoms with Crippen LogP contribution in [0.5, 0.6) is 0 Å². The molecule has 2 heterocycles. The summed E-state index contributed by atoms with van der Waals surface area (Å²) in [6.07, 6.45) is 1.56. The van der Waals surface area contributed by atoms with E-state index >= 15 is 0 Å². The van der Waals surface area contributed by atoms with Crippen LogP contribution in [0, 0.1) is 6.92 Å². The van der Waals surface area contributed by atoms with E-state index in [2.05, 4.69) is 15.5 Å². The van der Waals surface area contributed by atoms with Crippen LogP contribution < -0.4 is 10.2 Å². The quantitative estimate of drug-likeness (QED) is 0.731. The van der Waals surface area contributed by atoms with Gasteiger partial charge in [0.15, 0.2) is 0 Å². The molecule has 0 saturated carbocycles. The first-order chi connectivity index (χ1) is 13.1. The molecule has 27 heavy (non-hydrogen) atoms. The molecule has 1 atom stereocenters. The molecule has 1 aromatic heterocycles. The van der Waals surface area contributed by atoms with E-state index in [1.165, 1.54) is 5.56 Å². The third-order valence-electron chi connectivity index (χ3n) is 4.75. The van der Waals surface area contributed by atoms with Gasteiger partial charge in [0, 0.05) is 29.9 Å². The van der Waals surface area contributed by atoms with Crippen LogP contribution in [0.2, 0.25) is 0 Å². The minimum atomic E-state index is -0.129. The van der Waals surface area contributed by atoms with Gasteiger partial charge >= 0.3 is 0 Å². The van der Waals surface area contributed by atoms with Gasteiger partial charge in [-0.15, -0.1) is 10.2 Å². The minimum absolute atomic E-state index is 0.129. The van der Waals surface area contributed by atoms with Crippen molar-refractivity contribution in [2.75, 3.05) is 16.8 Å². The molecule has 2 aromatic carbocycles. The summed E-state index contributed by atoms with van der Waals surface area (Å²) < 4.78 is 5.83. The Morgan fingerprint density at radius 2 is 1.81 bits per heavy atom. The summed E-state index contributed by atoms with van der Waals surface area (Å²) in [6.45, 7) is 4.82. The molecular weight excluding hydrogens is 340 g/mol. The van der Waals surface area contributed by atoms with Crippen molar-refractivity contribution in [2.45, 2.75) is 32.7 Å². The second kappa shape index (κ2) is 7.23. The molecule has 0 aliphatic carbocycles. The topological polar surface area (TPSA) is 71.3 Å². The van der Waals surface area contributed by atoms with Crippen LogP contribution in [-0.4, -0.2) is 22.6 Å². The Hall–Kier alpha value is -3.15. The zero-order chi connectivity index (χ0) is 18.8. The van der Waals surface area contributed by atoms with E-state index in [1.807, 2.05) is 67.3 Å². The maximum atomic E-state index is 11.8. The smallest absolute Gasteiger partial charge is 0.247 e. The standard InChI is InChI=1S/C21H22N4O2/c1-14-5-7-16(8-6-14)21-24-23-20(27-21)15(2)22-17-9-11-18(12-10-17)25-13-3-4-19(25)26/h5-12,15,22H,3-4,13H2,1-2H3/t15-/m0/s1. The van der Waals surface area contributed by atoms with E-state index in [1.54, 1.807) is 0 Å². The van der Waals surface area contributed by atoms with Gasteiger partial charge in [0.2, 0.25) is 17.7 Å². The normalized spacial score (nSPS) is 15.2. The molecule has 0 unspecified atom stereocenters. The molecule has 6 nitrogen and oxygen atoms in total. The molecule has 0 bridgehead atoms. The highest BCUT2D eigenvalue weighted by molar-refractivity contribution is 5.95. The Morgan fingerprint density at radius 1 is 1.07 bits per heavy atom. The van der Waals surface area contributed by atoms with Crippen molar-refractivity contribution in [1.82, 2.24) is 10.2 Å². The third-order valence-corrected chi connectivity index (χ3v) is 4.75. The van der Waals surface area contributed by atoms with Crippen molar-refractivity contribution in [1.29, 1.82) is 0 Å². The van der Waals surface area contributed by atoms with Gasteiger partial charge in [0.1, 0.15) is 6.04 Å². The number of rotatable bonds is 5. The predicted octanol–water partition coefficient (Wildman–Crippen LogP) is 4.34. The third kappa shape index (κ3) is 3.69. The molecule has 1 amide bonds. The maximum Gasteiger partial charge on any atom is 0.247 e. The summed E-state index contributed by atoms with van der Waals surface area (Å²) in [5, 5.41) is 11.7. The van der Waals surface area contributed by atoms with Gasteiger partial charge in [-0.3, -0.25) is 4.79 Å². The van der Waals surface area contributed by atoms with Crippen molar-refractivity contribution in [2.24, 2.45) is 0 Å². The van der Waals surface area contributed by atoms with Gasteiger partial charge in [-0.1, -0.05) is 17.7 Å². The average Bonchev–Trinajstić information content (AvgIpc) is 3.32. The van der Waals surface area contributed by atoms with Gasteiger partial charge in [-0.2, -0.15) is 0 Å². The number of carbonyl (C=O) groups excluding carboxylic acids is 1. The summed E-state index contributed by atoms with van der Waals surface area (Å²) >= 11 is 0. The summed E-state index contributed by atoms with van der Waals surface area (Å²) in [5.41, 5.74) is 3.97. The van der Waals surface area contributed by atoms with Gasteiger partial charge in [-0.25, -0.2) is 0 Å². The van der Waals surface area contributed by atoms with Crippen molar-refractivity contribution < 1.29 is 9.21 Å². The number of nitrogens with zero attached hydrogens (tertiary/aromatic N) is 3. The molecule has 1 aliphatic rings. The van der Waals surface area contributed by atoms with Crippen LogP contribution >= 0.6 is 0 Å². The van der Waals surface area contributed by atoms with Crippen molar-refractivity contribution in [3.05, 3.63) is 60.0 Å². The van der Waals surface area contributed by atoms with Crippen LogP contribution in [0.15, 0.2) is 52.9 Å². The Labute approximate surface area is 158 Å². The molecule has 3 aromatic rings. The van der Waals surface area contributed by atoms with Crippen molar-refractivity contribution in [3.63, 3.8) is 0 Å². The van der Waals surface area contributed by atoms with Gasteiger partial charge in [0.25, 0.3) is 0 Å². The van der Waals surface area contributed by atoms with E-state index in [9.17, 15) is 4.79 Å². The molecule has 0 radical (unpaired) electrons. The first-order valence-corrected chi connectivity index (χ1v) is 9.17. The lowest BCUT2D eigenvalue weighted by atomic mass is 10.1. The zero-order valence-corrected chi connectivity index (χ0v) is 15.5. The zero-order valence-electron chi connectivity index (χ0n) is 15.5. The van der Waals surface area contributed by atoms with Crippen LogP contribution in [0.25, 0.3) is 11.5 Å². The summed E-state index contributed by atoms with van der Waals surface area (Å²) in [5.74, 6) is 1.24. The lowest BCUT2D eigenvalue weighted by molar-refractivity contribution is -0.117.